The molecule has 1 aliphatic heterocycles. The first-order valence-electron chi connectivity index (χ1n) is 8.03. The second kappa shape index (κ2) is 6.50. The lowest BCUT2D eigenvalue weighted by Gasteiger charge is -2.42. The SMILES string of the molecule is C[C@@H]1CC(n2cc([N+](=O)[O-])cn2)C[C@@H](C)N1Cc1ccccc1. The van der Waals surface area contributed by atoms with E-state index in [0.717, 1.165) is 19.4 Å². The number of nitro groups is 1. The van der Waals surface area contributed by atoms with Gasteiger partial charge in [-0.3, -0.25) is 19.7 Å². The number of hydrogen-bond acceptors (Lipinski definition) is 4. The van der Waals surface area contributed by atoms with Crippen LogP contribution in [-0.2, 0) is 6.54 Å². The normalized spacial score (nSPS) is 25.4. The monoisotopic (exact) mass is 314 g/mol. The molecule has 0 spiro atoms. The van der Waals surface area contributed by atoms with Crippen molar-refractivity contribution in [2.75, 3.05) is 0 Å². The fourth-order valence-corrected chi connectivity index (χ4v) is 3.53. The number of rotatable bonds is 4. The molecule has 2 atom stereocenters. The van der Waals surface area contributed by atoms with Gasteiger partial charge in [-0.25, -0.2) is 0 Å². The average molecular weight is 314 g/mol. The van der Waals surface area contributed by atoms with Gasteiger partial charge in [-0.1, -0.05) is 30.3 Å². The van der Waals surface area contributed by atoms with E-state index in [1.807, 2.05) is 6.07 Å². The van der Waals surface area contributed by atoms with Gasteiger partial charge in [0, 0.05) is 18.6 Å². The first-order valence-corrected chi connectivity index (χ1v) is 8.03. The van der Waals surface area contributed by atoms with Crippen molar-refractivity contribution in [1.82, 2.24) is 14.7 Å². The van der Waals surface area contributed by atoms with E-state index in [4.69, 9.17) is 0 Å². The first-order chi connectivity index (χ1) is 11.0. The Balaban J connectivity index is 1.70. The number of aromatic nitrogens is 2. The minimum absolute atomic E-state index is 0.0667. The Hall–Kier alpha value is -2.21. The largest absolute Gasteiger partial charge is 0.307 e. The van der Waals surface area contributed by atoms with Crippen LogP contribution in [0.15, 0.2) is 42.7 Å². The predicted octanol–water partition coefficient (Wildman–Crippen LogP) is 3.41. The lowest BCUT2D eigenvalue weighted by molar-refractivity contribution is -0.385. The van der Waals surface area contributed by atoms with Gasteiger partial charge in [0.25, 0.3) is 0 Å². The molecule has 23 heavy (non-hydrogen) atoms. The molecule has 0 N–H and O–H groups in total. The summed E-state index contributed by atoms with van der Waals surface area (Å²) < 4.78 is 1.77. The van der Waals surface area contributed by atoms with Crippen LogP contribution in [0.1, 0.15) is 38.3 Å². The third kappa shape index (κ3) is 3.42. The van der Waals surface area contributed by atoms with Gasteiger partial charge in [0.05, 0.1) is 11.0 Å². The van der Waals surface area contributed by atoms with Crippen LogP contribution in [0.2, 0.25) is 0 Å². The maximum Gasteiger partial charge on any atom is 0.307 e. The molecule has 1 aliphatic rings. The van der Waals surface area contributed by atoms with Gasteiger partial charge in [-0.2, -0.15) is 5.10 Å². The molecule has 122 valence electrons. The fourth-order valence-electron chi connectivity index (χ4n) is 3.53. The molecular formula is C17H22N4O2. The zero-order valence-electron chi connectivity index (χ0n) is 13.5. The van der Waals surface area contributed by atoms with Gasteiger partial charge in [0.15, 0.2) is 0 Å². The van der Waals surface area contributed by atoms with Crippen molar-refractivity contribution >= 4 is 5.69 Å². The predicted molar refractivity (Wildman–Crippen MR) is 88.1 cm³/mol. The molecule has 6 nitrogen and oxygen atoms in total. The van der Waals surface area contributed by atoms with Crippen LogP contribution in [0.4, 0.5) is 5.69 Å². The molecule has 0 amide bonds. The van der Waals surface area contributed by atoms with Crippen molar-refractivity contribution in [2.45, 2.75) is 51.4 Å². The molecule has 0 bridgehead atoms. The zero-order chi connectivity index (χ0) is 16.4. The molecule has 2 aromatic rings. The molecular weight excluding hydrogens is 292 g/mol. The topological polar surface area (TPSA) is 64.2 Å². The van der Waals surface area contributed by atoms with Crippen molar-refractivity contribution in [2.24, 2.45) is 0 Å². The van der Waals surface area contributed by atoms with Crippen molar-refractivity contribution in [1.29, 1.82) is 0 Å². The van der Waals surface area contributed by atoms with Crippen LogP contribution < -0.4 is 0 Å². The van der Waals surface area contributed by atoms with Crippen LogP contribution in [0, 0.1) is 10.1 Å². The second-order valence-electron chi connectivity index (χ2n) is 6.42. The second-order valence-corrected chi connectivity index (χ2v) is 6.42. The van der Waals surface area contributed by atoms with Crippen molar-refractivity contribution in [3.8, 4) is 0 Å². The van der Waals surface area contributed by atoms with Crippen molar-refractivity contribution in [3.05, 3.63) is 58.4 Å². The third-order valence-electron chi connectivity index (χ3n) is 4.74. The summed E-state index contributed by atoms with van der Waals surface area (Å²) >= 11 is 0. The summed E-state index contributed by atoms with van der Waals surface area (Å²) in [6, 6.07) is 11.5. The van der Waals surface area contributed by atoms with Gasteiger partial charge in [0.1, 0.15) is 12.4 Å². The Labute approximate surface area is 135 Å². The Morgan fingerprint density at radius 3 is 2.43 bits per heavy atom. The van der Waals surface area contributed by atoms with Crippen LogP contribution >= 0.6 is 0 Å². The number of piperidine rings is 1. The Morgan fingerprint density at radius 1 is 1.22 bits per heavy atom. The molecule has 1 aromatic carbocycles. The standard InChI is InChI=1S/C17H22N4O2/c1-13-8-16(20-12-17(10-18-20)21(22)23)9-14(2)19(13)11-15-6-4-3-5-7-15/h3-7,10,12-14,16H,8-9,11H2,1-2H3/t13-,14-/m1/s1. The zero-order valence-corrected chi connectivity index (χ0v) is 13.5. The number of benzene rings is 1. The summed E-state index contributed by atoms with van der Waals surface area (Å²) in [5.74, 6) is 0. The van der Waals surface area contributed by atoms with Gasteiger partial charge in [-0.15, -0.1) is 0 Å². The minimum Gasteiger partial charge on any atom is -0.294 e. The van der Waals surface area contributed by atoms with E-state index in [9.17, 15) is 10.1 Å². The first kappa shape index (κ1) is 15.7. The number of hydrogen-bond donors (Lipinski definition) is 0. The fraction of sp³-hybridized carbons (Fsp3) is 0.471. The van der Waals surface area contributed by atoms with E-state index in [1.165, 1.54) is 11.8 Å². The van der Waals surface area contributed by atoms with Gasteiger partial charge >= 0.3 is 5.69 Å². The molecule has 0 radical (unpaired) electrons. The maximum atomic E-state index is 10.8. The van der Waals surface area contributed by atoms with Crippen LogP contribution in [0.25, 0.3) is 0 Å². The molecule has 1 saturated heterocycles. The Kier molecular flexibility index (Phi) is 4.43. The summed E-state index contributed by atoms with van der Waals surface area (Å²) in [4.78, 5) is 12.9. The van der Waals surface area contributed by atoms with Crippen molar-refractivity contribution < 1.29 is 4.92 Å². The summed E-state index contributed by atoms with van der Waals surface area (Å²) in [7, 11) is 0. The summed E-state index contributed by atoms with van der Waals surface area (Å²) in [5, 5.41) is 15.0. The van der Waals surface area contributed by atoms with E-state index < -0.39 is 0 Å². The summed E-state index contributed by atoms with van der Waals surface area (Å²) in [6.45, 7) is 5.39. The number of likely N-dealkylation sites (tertiary alicyclic amines) is 1. The smallest absolute Gasteiger partial charge is 0.294 e. The van der Waals surface area contributed by atoms with Crippen LogP contribution in [0.3, 0.4) is 0 Å². The quantitative estimate of drug-likeness (QED) is 0.641. The summed E-state index contributed by atoms with van der Waals surface area (Å²) in [5.41, 5.74) is 1.39. The van der Waals surface area contributed by atoms with Crippen LogP contribution in [-0.4, -0.2) is 31.7 Å². The molecule has 1 fully saturated rings. The molecule has 1 aromatic heterocycles. The molecule has 2 heterocycles. The molecule has 6 heteroatoms. The van der Waals surface area contributed by atoms with E-state index in [2.05, 4.69) is 48.1 Å². The van der Waals surface area contributed by atoms with Crippen LogP contribution in [0.5, 0.6) is 0 Å². The minimum atomic E-state index is -0.388. The van der Waals surface area contributed by atoms with Gasteiger partial charge < -0.3 is 0 Å². The highest BCUT2D eigenvalue weighted by molar-refractivity contribution is 5.21. The molecule has 0 unspecified atom stereocenters. The molecule has 0 saturated carbocycles. The van der Waals surface area contributed by atoms with Gasteiger partial charge in [0.2, 0.25) is 0 Å². The highest BCUT2D eigenvalue weighted by Gasteiger charge is 2.32. The lowest BCUT2D eigenvalue weighted by atomic mass is 9.92. The molecule has 0 aliphatic carbocycles. The van der Waals surface area contributed by atoms with Gasteiger partial charge in [-0.05, 0) is 32.3 Å². The Morgan fingerprint density at radius 2 is 1.87 bits per heavy atom. The van der Waals surface area contributed by atoms with Crippen molar-refractivity contribution in [3.63, 3.8) is 0 Å². The lowest BCUT2D eigenvalue weighted by Crippen LogP contribution is -2.46. The van der Waals surface area contributed by atoms with E-state index in [-0.39, 0.29) is 16.7 Å². The van der Waals surface area contributed by atoms with E-state index in [0.29, 0.717) is 12.1 Å². The third-order valence-corrected chi connectivity index (χ3v) is 4.74. The highest BCUT2D eigenvalue weighted by Crippen LogP contribution is 2.32. The maximum absolute atomic E-state index is 10.8. The average Bonchev–Trinajstić information content (AvgIpc) is 3.02. The molecule has 3 rings (SSSR count). The Bertz CT molecular complexity index is 658. The highest BCUT2D eigenvalue weighted by atomic mass is 16.6. The number of nitrogens with zero attached hydrogens (tertiary/aromatic N) is 4. The summed E-state index contributed by atoms with van der Waals surface area (Å²) in [6.07, 6.45) is 4.80. The van der Waals surface area contributed by atoms with E-state index >= 15 is 0 Å². The van der Waals surface area contributed by atoms with E-state index in [1.54, 1.807) is 10.9 Å².